The average molecular weight is 427 g/mol. The van der Waals surface area contributed by atoms with Crippen molar-refractivity contribution in [2.24, 2.45) is 0 Å². The SMILES string of the molecule is CCOc1ccc(C(=O)NCC(=O)Nc2ccc(N3CCCCC3)nc2)cc1OCC. The van der Waals surface area contributed by atoms with E-state index < -0.39 is 0 Å². The van der Waals surface area contributed by atoms with Crippen LogP contribution >= 0.6 is 0 Å². The summed E-state index contributed by atoms with van der Waals surface area (Å²) < 4.78 is 11.0. The number of carbonyl (C=O) groups is 2. The van der Waals surface area contributed by atoms with E-state index in [1.54, 1.807) is 24.4 Å². The number of hydrogen-bond donors (Lipinski definition) is 2. The second kappa shape index (κ2) is 11.2. The number of anilines is 2. The minimum absolute atomic E-state index is 0.149. The van der Waals surface area contributed by atoms with Gasteiger partial charge in [0.2, 0.25) is 5.91 Å². The lowest BCUT2D eigenvalue weighted by molar-refractivity contribution is -0.115. The minimum atomic E-state index is -0.363. The van der Waals surface area contributed by atoms with Crippen molar-refractivity contribution < 1.29 is 19.1 Å². The summed E-state index contributed by atoms with van der Waals surface area (Å²) >= 11 is 0. The quantitative estimate of drug-likeness (QED) is 0.640. The maximum atomic E-state index is 12.4. The van der Waals surface area contributed by atoms with Gasteiger partial charge in [-0.25, -0.2) is 4.98 Å². The van der Waals surface area contributed by atoms with E-state index in [9.17, 15) is 9.59 Å². The number of carbonyl (C=O) groups excluding carboxylic acids is 2. The van der Waals surface area contributed by atoms with E-state index in [1.807, 2.05) is 26.0 Å². The number of rotatable bonds is 9. The van der Waals surface area contributed by atoms with Crippen LogP contribution in [0.3, 0.4) is 0 Å². The van der Waals surface area contributed by atoms with Crippen LogP contribution in [0.5, 0.6) is 11.5 Å². The van der Waals surface area contributed by atoms with Crippen molar-refractivity contribution in [1.82, 2.24) is 10.3 Å². The summed E-state index contributed by atoms with van der Waals surface area (Å²) in [5, 5.41) is 5.38. The van der Waals surface area contributed by atoms with Gasteiger partial charge in [0.05, 0.1) is 31.6 Å². The molecule has 0 bridgehead atoms. The van der Waals surface area contributed by atoms with E-state index in [0.29, 0.717) is 36.0 Å². The zero-order valence-corrected chi connectivity index (χ0v) is 18.1. The minimum Gasteiger partial charge on any atom is -0.490 e. The Morgan fingerprint density at radius 2 is 1.74 bits per heavy atom. The van der Waals surface area contributed by atoms with Crippen LogP contribution in [0.2, 0.25) is 0 Å². The zero-order chi connectivity index (χ0) is 22.1. The van der Waals surface area contributed by atoms with Crippen molar-refractivity contribution in [3.8, 4) is 11.5 Å². The van der Waals surface area contributed by atoms with Crippen molar-refractivity contribution in [1.29, 1.82) is 0 Å². The molecule has 8 nitrogen and oxygen atoms in total. The van der Waals surface area contributed by atoms with E-state index in [-0.39, 0.29) is 18.4 Å². The Morgan fingerprint density at radius 3 is 2.42 bits per heavy atom. The lowest BCUT2D eigenvalue weighted by Crippen LogP contribution is -2.33. The van der Waals surface area contributed by atoms with E-state index in [0.717, 1.165) is 18.9 Å². The molecule has 0 radical (unpaired) electrons. The Hall–Kier alpha value is -3.29. The van der Waals surface area contributed by atoms with Crippen molar-refractivity contribution in [2.75, 3.05) is 43.1 Å². The van der Waals surface area contributed by atoms with Gasteiger partial charge in [-0.05, 0) is 63.4 Å². The van der Waals surface area contributed by atoms with E-state index in [1.165, 1.54) is 19.3 Å². The van der Waals surface area contributed by atoms with Gasteiger partial charge in [0.15, 0.2) is 11.5 Å². The summed E-state index contributed by atoms with van der Waals surface area (Å²) in [4.78, 5) is 31.4. The van der Waals surface area contributed by atoms with Gasteiger partial charge in [0.25, 0.3) is 5.91 Å². The highest BCUT2D eigenvalue weighted by Gasteiger charge is 2.14. The number of pyridine rings is 1. The van der Waals surface area contributed by atoms with Crippen LogP contribution in [-0.4, -0.2) is 49.6 Å². The number of nitrogens with one attached hydrogen (secondary N) is 2. The highest BCUT2D eigenvalue weighted by Crippen LogP contribution is 2.28. The van der Waals surface area contributed by atoms with Gasteiger partial charge in [-0.3, -0.25) is 9.59 Å². The zero-order valence-electron chi connectivity index (χ0n) is 18.1. The van der Waals surface area contributed by atoms with Gasteiger partial charge >= 0.3 is 0 Å². The molecule has 0 saturated carbocycles. The van der Waals surface area contributed by atoms with Crippen molar-refractivity contribution in [3.63, 3.8) is 0 Å². The van der Waals surface area contributed by atoms with Crippen molar-refractivity contribution in [3.05, 3.63) is 42.1 Å². The Bertz CT molecular complexity index is 880. The first-order valence-electron chi connectivity index (χ1n) is 10.8. The summed E-state index contributed by atoms with van der Waals surface area (Å²) in [5.41, 5.74) is 0.993. The Labute approximate surface area is 182 Å². The molecule has 1 aromatic heterocycles. The number of nitrogens with zero attached hydrogens (tertiary/aromatic N) is 2. The lowest BCUT2D eigenvalue weighted by atomic mass is 10.1. The molecule has 0 unspecified atom stereocenters. The van der Waals surface area contributed by atoms with Gasteiger partial charge in [-0.2, -0.15) is 0 Å². The Kier molecular flexibility index (Phi) is 8.09. The molecular weight excluding hydrogens is 396 g/mol. The van der Waals surface area contributed by atoms with Gasteiger partial charge in [0.1, 0.15) is 5.82 Å². The Morgan fingerprint density at radius 1 is 1.00 bits per heavy atom. The molecule has 2 aromatic rings. The highest BCUT2D eigenvalue weighted by molar-refractivity contribution is 5.99. The normalized spacial score (nSPS) is 13.4. The topological polar surface area (TPSA) is 92.8 Å². The third kappa shape index (κ3) is 6.34. The first kappa shape index (κ1) is 22.4. The van der Waals surface area contributed by atoms with Crippen LogP contribution in [0.4, 0.5) is 11.5 Å². The fourth-order valence-electron chi connectivity index (χ4n) is 3.43. The Balaban J connectivity index is 1.52. The number of hydrogen-bond acceptors (Lipinski definition) is 6. The number of ether oxygens (including phenoxy) is 2. The number of amides is 2. The van der Waals surface area contributed by atoms with Crippen LogP contribution in [0.15, 0.2) is 36.5 Å². The van der Waals surface area contributed by atoms with Gasteiger partial charge in [-0.1, -0.05) is 0 Å². The fourth-order valence-corrected chi connectivity index (χ4v) is 3.43. The molecule has 1 aromatic carbocycles. The summed E-state index contributed by atoms with van der Waals surface area (Å²) in [6.07, 6.45) is 5.27. The van der Waals surface area contributed by atoms with Crippen LogP contribution in [0, 0.1) is 0 Å². The molecule has 1 aliphatic heterocycles. The van der Waals surface area contributed by atoms with E-state index >= 15 is 0 Å². The summed E-state index contributed by atoms with van der Waals surface area (Å²) in [7, 11) is 0. The number of piperidine rings is 1. The molecule has 2 N–H and O–H groups in total. The first-order valence-corrected chi connectivity index (χ1v) is 10.8. The highest BCUT2D eigenvalue weighted by atomic mass is 16.5. The molecule has 166 valence electrons. The molecule has 1 fully saturated rings. The third-order valence-corrected chi connectivity index (χ3v) is 4.93. The lowest BCUT2D eigenvalue weighted by Gasteiger charge is -2.27. The molecule has 1 aliphatic rings. The molecule has 0 atom stereocenters. The molecule has 1 saturated heterocycles. The van der Waals surface area contributed by atoms with Crippen LogP contribution < -0.4 is 25.0 Å². The van der Waals surface area contributed by atoms with Crippen LogP contribution in [0.25, 0.3) is 0 Å². The maximum absolute atomic E-state index is 12.4. The molecule has 0 aliphatic carbocycles. The molecule has 2 heterocycles. The van der Waals surface area contributed by atoms with E-state index in [4.69, 9.17) is 9.47 Å². The predicted octanol–water partition coefficient (Wildman–Crippen LogP) is 3.24. The van der Waals surface area contributed by atoms with Crippen molar-refractivity contribution >= 4 is 23.3 Å². The molecule has 31 heavy (non-hydrogen) atoms. The predicted molar refractivity (Wildman–Crippen MR) is 120 cm³/mol. The summed E-state index contributed by atoms with van der Waals surface area (Å²) in [6.45, 7) is 6.58. The largest absolute Gasteiger partial charge is 0.490 e. The maximum Gasteiger partial charge on any atom is 0.251 e. The van der Waals surface area contributed by atoms with Gasteiger partial charge in [-0.15, -0.1) is 0 Å². The van der Waals surface area contributed by atoms with Crippen LogP contribution in [0.1, 0.15) is 43.5 Å². The van der Waals surface area contributed by atoms with Crippen molar-refractivity contribution in [2.45, 2.75) is 33.1 Å². The molecule has 3 rings (SSSR count). The molecule has 0 spiro atoms. The average Bonchev–Trinajstić information content (AvgIpc) is 2.80. The standard InChI is InChI=1S/C23H30N4O4/c1-3-30-19-10-8-17(14-20(19)31-4-2)23(29)25-16-22(28)26-18-9-11-21(24-15-18)27-12-6-5-7-13-27/h8-11,14-15H,3-7,12-13,16H2,1-2H3,(H,25,29)(H,26,28). The second-order valence-corrected chi connectivity index (χ2v) is 7.21. The van der Waals surface area contributed by atoms with Crippen LogP contribution in [-0.2, 0) is 4.79 Å². The summed E-state index contributed by atoms with van der Waals surface area (Å²) in [6, 6.07) is 8.69. The number of aromatic nitrogens is 1. The molecule has 2 amide bonds. The molecular formula is C23H30N4O4. The second-order valence-electron chi connectivity index (χ2n) is 7.21. The van der Waals surface area contributed by atoms with E-state index in [2.05, 4.69) is 20.5 Å². The summed E-state index contributed by atoms with van der Waals surface area (Å²) in [5.74, 6) is 1.32. The molecule has 8 heteroatoms. The third-order valence-electron chi connectivity index (χ3n) is 4.93. The fraction of sp³-hybridized carbons (Fsp3) is 0.435. The smallest absolute Gasteiger partial charge is 0.251 e. The van der Waals surface area contributed by atoms with Gasteiger partial charge in [0, 0.05) is 18.7 Å². The first-order chi connectivity index (χ1) is 15.1. The monoisotopic (exact) mass is 426 g/mol. The number of benzene rings is 1. The van der Waals surface area contributed by atoms with Gasteiger partial charge < -0.3 is 25.0 Å².